The maximum atomic E-state index is 13.9. The number of amides is 1. The summed E-state index contributed by atoms with van der Waals surface area (Å²) in [5.74, 6) is 0.0133. The zero-order chi connectivity index (χ0) is 22.3. The Morgan fingerprint density at radius 2 is 2.09 bits per heavy atom. The van der Waals surface area contributed by atoms with E-state index in [4.69, 9.17) is 9.47 Å². The number of nitrogens with zero attached hydrogens (tertiary/aromatic N) is 4. The number of thiazole rings is 1. The average Bonchev–Trinajstić information content (AvgIpc) is 3.45. The lowest BCUT2D eigenvalue weighted by atomic mass is 10.3. The van der Waals surface area contributed by atoms with Crippen molar-refractivity contribution in [2.75, 3.05) is 24.7 Å². The van der Waals surface area contributed by atoms with Gasteiger partial charge in [0.25, 0.3) is 5.91 Å². The second-order valence-electron chi connectivity index (χ2n) is 6.98. The zero-order valence-electron chi connectivity index (χ0n) is 17.6. The fourth-order valence-electron chi connectivity index (χ4n) is 3.20. The largest absolute Gasteiger partial charge is 0.494 e. The van der Waals surface area contributed by atoms with Gasteiger partial charge in [-0.25, -0.2) is 14.4 Å². The molecule has 0 saturated heterocycles. The summed E-state index contributed by atoms with van der Waals surface area (Å²) in [6, 6.07) is 11.7. The van der Waals surface area contributed by atoms with E-state index in [1.54, 1.807) is 29.6 Å². The molecule has 0 aliphatic carbocycles. The van der Waals surface area contributed by atoms with Crippen molar-refractivity contribution >= 4 is 32.6 Å². The number of hydrogen-bond acceptors (Lipinski definition) is 6. The van der Waals surface area contributed by atoms with Gasteiger partial charge in [0.05, 0.1) is 23.2 Å². The summed E-state index contributed by atoms with van der Waals surface area (Å²) in [6.45, 7) is 3.36. The first-order valence-corrected chi connectivity index (χ1v) is 11.1. The number of imidazole rings is 1. The molecule has 166 valence electrons. The van der Waals surface area contributed by atoms with Gasteiger partial charge in [-0.15, -0.1) is 0 Å². The summed E-state index contributed by atoms with van der Waals surface area (Å²) in [4.78, 5) is 23.4. The normalized spacial score (nSPS) is 10.9. The molecule has 0 aliphatic heterocycles. The molecule has 0 radical (unpaired) electrons. The number of hydrogen-bond donors (Lipinski definition) is 0. The van der Waals surface area contributed by atoms with Crippen molar-refractivity contribution in [2.24, 2.45) is 0 Å². The fourth-order valence-corrected chi connectivity index (χ4v) is 4.24. The summed E-state index contributed by atoms with van der Waals surface area (Å²) < 4.78 is 27.8. The van der Waals surface area contributed by atoms with Gasteiger partial charge in [-0.2, -0.15) is 0 Å². The van der Waals surface area contributed by atoms with Crippen LogP contribution in [-0.2, 0) is 11.3 Å². The molecule has 4 aromatic rings. The SMILES string of the molecule is CCOc1ccc2nc(N(CCCn3ccnc3)C(=O)COc3ccccc3F)sc2c1. The smallest absolute Gasteiger partial charge is 0.266 e. The number of anilines is 1. The predicted molar refractivity (Wildman–Crippen MR) is 122 cm³/mol. The van der Waals surface area contributed by atoms with Crippen molar-refractivity contribution in [1.82, 2.24) is 14.5 Å². The molecule has 0 saturated carbocycles. The van der Waals surface area contributed by atoms with Crippen molar-refractivity contribution in [3.05, 3.63) is 67.0 Å². The fraction of sp³-hybridized carbons (Fsp3) is 0.261. The van der Waals surface area contributed by atoms with Crippen LogP contribution in [-0.4, -0.2) is 40.2 Å². The quantitative estimate of drug-likeness (QED) is 0.352. The average molecular weight is 455 g/mol. The Labute approximate surface area is 189 Å². The van der Waals surface area contributed by atoms with Crippen molar-refractivity contribution in [2.45, 2.75) is 19.9 Å². The highest BCUT2D eigenvalue weighted by Gasteiger charge is 2.21. The molecule has 0 unspecified atom stereocenters. The van der Waals surface area contributed by atoms with E-state index in [0.717, 1.165) is 16.0 Å². The Kier molecular flexibility index (Phi) is 6.96. The molecule has 0 N–H and O–H groups in total. The molecular formula is C23H23FN4O3S. The molecule has 2 heterocycles. The number of carbonyl (C=O) groups excluding carboxylic acids is 1. The zero-order valence-corrected chi connectivity index (χ0v) is 18.4. The van der Waals surface area contributed by atoms with Crippen molar-refractivity contribution in [3.63, 3.8) is 0 Å². The van der Waals surface area contributed by atoms with E-state index in [1.807, 2.05) is 35.9 Å². The Hall–Kier alpha value is -3.46. The standard InChI is InChI=1S/C23H23FN4O3S/c1-2-30-17-8-9-19-21(14-17)32-23(26-19)28(12-5-11-27-13-10-25-16-27)22(29)15-31-20-7-4-3-6-18(20)24/h3-4,6-10,13-14,16H,2,5,11-12,15H2,1H3. The molecule has 4 rings (SSSR count). The van der Waals surface area contributed by atoms with E-state index in [9.17, 15) is 9.18 Å². The Bertz CT molecular complexity index is 1180. The van der Waals surface area contributed by atoms with Crippen LogP contribution in [0.15, 0.2) is 61.2 Å². The summed E-state index contributed by atoms with van der Waals surface area (Å²) in [5.41, 5.74) is 0.788. The van der Waals surface area contributed by atoms with Crippen molar-refractivity contribution in [1.29, 1.82) is 0 Å². The molecule has 2 aromatic heterocycles. The van der Waals surface area contributed by atoms with Gasteiger partial charge in [0.15, 0.2) is 23.3 Å². The third-order valence-electron chi connectivity index (χ3n) is 4.74. The van der Waals surface area contributed by atoms with Gasteiger partial charge >= 0.3 is 0 Å². The number of ether oxygens (including phenoxy) is 2. The first kappa shape index (κ1) is 21.8. The number of fused-ring (bicyclic) bond motifs is 1. The van der Waals surface area contributed by atoms with Crippen LogP contribution >= 0.6 is 11.3 Å². The van der Waals surface area contributed by atoms with Crippen LogP contribution in [0.3, 0.4) is 0 Å². The first-order valence-electron chi connectivity index (χ1n) is 10.3. The first-order chi connectivity index (χ1) is 15.6. The Morgan fingerprint density at radius 3 is 2.88 bits per heavy atom. The van der Waals surface area contributed by atoms with Crippen LogP contribution in [0.2, 0.25) is 0 Å². The lowest BCUT2D eigenvalue weighted by Gasteiger charge is -2.20. The topological polar surface area (TPSA) is 69.5 Å². The van der Waals surface area contributed by atoms with Gasteiger partial charge in [-0.1, -0.05) is 23.5 Å². The van der Waals surface area contributed by atoms with Crippen LogP contribution in [0.1, 0.15) is 13.3 Å². The van der Waals surface area contributed by atoms with Crippen molar-refractivity contribution < 1.29 is 18.7 Å². The van der Waals surface area contributed by atoms with Crippen LogP contribution in [0, 0.1) is 5.82 Å². The highest BCUT2D eigenvalue weighted by atomic mass is 32.1. The summed E-state index contributed by atoms with van der Waals surface area (Å²) >= 11 is 1.41. The van der Waals surface area contributed by atoms with E-state index < -0.39 is 5.82 Å². The third-order valence-corrected chi connectivity index (χ3v) is 5.78. The van der Waals surface area contributed by atoms with E-state index >= 15 is 0 Å². The summed E-state index contributed by atoms with van der Waals surface area (Å²) in [5, 5.41) is 0.571. The van der Waals surface area contributed by atoms with Gasteiger partial charge in [-0.05, 0) is 43.7 Å². The number of aryl methyl sites for hydroxylation is 1. The number of rotatable bonds is 10. The van der Waals surface area contributed by atoms with E-state index in [2.05, 4.69) is 9.97 Å². The molecule has 32 heavy (non-hydrogen) atoms. The van der Waals surface area contributed by atoms with Crippen LogP contribution in [0.25, 0.3) is 10.2 Å². The maximum absolute atomic E-state index is 13.9. The lowest BCUT2D eigenvalue weighted by molar-refractivity contribution is -0.120. The third kappa shape index (κ3) is 5.23. The molecule has 1 amide bonds. The molecule has 9 heteroatoms. The molecular weight excluding hydrogens is 431 g/mol. The maximum Gasteiger partial charge on any atom is 0.266 e. The van der Waals surface area contributed by atoms with Crippen LogP contribution in [0.5, 0.6) is 11.5 Å². The van der Waals surface area contributed by atoms with Gasteiger partial charge in [-0.3, -0.25) is 9.69 Å². The molecule has 2 aromatic carbocycles. The number of aromatic nitrogens is 3. The number of para-hydroxylation sites is 1. The second kappa shape index (κ2) is 10.2. The van der Waals surface area contributed by atoms with E-state index in [-0.39, 0.29) is 18.3 Å². The van der Waals surface area contributed by atoms with Gasteiger partial charge in [0, 0.05) is 25.5 Å². The van der Waals surface area contributed by atoms with Crippen LogP contribution in [0.4, 0.5) is 9.52 Å². The molecule has 0 aliphatic rings. The van der Waals surface area contributed by atoms with E-state index in [1.165, 1.54) is 23.5 Å². The minimum Gasteiger partial charge on any atom is -0.494 e. The molecule has 0 spiro atoms. The van der Waals surface area contributed by atoms with E-state index in [0.29, 0.717) is 31.2 Å². The monoisotopic (exact) mass is 454 g/mol. The molecule has 7 nitrogen and oxygen atoms in total. The number of benzene rings is 2. The highest BCUT2D eigenvalue weighted by Crippen LogP contribution is 2.32. The molecule has 0 bridgehead atoms. The Morgan fingerprint density at radius 1 is 1.22 bits per heavy atom. The summed E-state index contributed by atoms with van der Waals surface area (Å²) in [7, 11) is 0. The molecule has 0 fully saturated rings. The minimum atomic E-state index is -0.504. The minimum absolute atomic E-state index is 0.0462. The Balaban J connectivity index is 1.52. The number of halogens is 1. The van der Waals surface area contributed by atoms with Gasteiger partial charge in [0.1, 0.15) is 5.75 Å². The number of carbonyl (C=O) groups is 1. The lowest BCUT2D eigenvalue weighted by Crippen LogP contribution is -2.36. The van der Waals surface area contributed by atoms with Gasteiger partial charge in [0.2, 0.25) is 0 Å². The van der Waals surface area contributed by atoms with Gasteiger partial charge < -0.3 is 14.0 Å². The predicted octanol–water partition coefficient (Wildman–Crippen LogP) is 4.53. The second-order valence-corrected chi connectivity index (χ2v) is 7.99. The van der Waals surface area contributed by atoms with Crippen molar-refractivity contribution in [3.8, 4) is 11.5 Å². The summed E-state index contributed by atoms with van der Waals surface area (Å²) in [6.07, 6.45) is 6.03. The highest BCUT2D eigenvalue weighted by molar-refractivity contribution is 7.22. The van der Waals surface area contributed by atoms with Crippen LogP contribution < -0.4 is 14.4 Å². The molecule has 0 atom stereocenters.